The molecule has 1 aromatic carbocycles. The predicted molar refractivity (Wildman–Crippen MR) is 77.6 cm³/mol. The summed E-state index contributed by atoms with van der Waals surface area (Å²) in [5.41, 5.74) is 0.837. The molecule has 0 aliphatic heterocycles. The Labute approximate surface area is 116 Å². The average Bonchev–Trinajstić information content (AvgIpc) is 2.29. The fraction of sp³-hybridized carbons (Fsp3) is 0.500. The molecule has 0 bridgehead atoms. The second-order valence-electron chi connectivity index (χ2n) is 4.82. The molecule has 1 saturated carbocycles. The second-order valence-corrected chi connectivity index (χ2v) is 5.73. The number of hydrogen-bond acceptors (Lipinski definition) is 2. The van der Waals surface area contributed by atoms with Crippen molar-refractivity contribution in [2.75, 3.05) is 18.4 Å². The lowest BCUT2D eigenvalue weighted by Gasteiger charge is -2.25. The molecule has 0 heterocycles. The number of hydrogen-bond donors (Lipinski definition) is 2. The fourth-order valence-corrected chi connectivity index (χ4v) is 2.29. The Morgan fingerprint density at radius 2 is 2.00 bits per heavy atom. The van der Waals surface area contributed by atoms with Crippen LogP contribution in [0.1, 0.15) is 25.7 Å². The summed E-state index contributed by atoms with van der Waals surface area (Å²) in [7, 11) is 0. The molecule has 0 unspecified atom stereocenters. The first-order valence-corrected chi connectivity index (χ1v) is 7.29. The molecule has 0 radical (unpaired) electrons. The van der Waals surface area contributed by atoms with Crippen LogP contribution in [0.5, 0.6) is 0 Å². The summed E-state index contributed by atoms with van der Waals surface area (Å²) in [5.74, 6) is 0.915. The van der Waals surface area contributed by atoms with Crippen molar-refractivity contribution in [1.82, 2.24) is 5.32 Å². The highest BCUT2D eigenvalue weighted by atomic mass is 79.9. The van der Waals surface area contributed by atoms with Crippen molar-refractivity contribution in [2.45, 2.75) is 25.7 Å². The smallest absolute Gasteiger partial charge is 0.238 e. The minimum atomic E-state index is 0.0194. The summed E-state index contributed by atoms with van der Waals surface area (Å²) < 4.78 is 1.01. The topological polar surface area (TPSA) is 41.1 Å². The molecule has 0 aromatic heterocycles. The Hall–Kier alpha value is -0.870. The molecular formula is C14H19BrN2O. The molecule has 1 aliphatic rings. The average molecular weight is 311 g/mol. The lowest BCUT2D eigenvalue weighted by molar-refractivity contribution is -0.115. The van der Waals surface area contributed by atoms with E-state index in [1.807, 2.05) is 24.3 Å². The quantitative estimate of drug-likeness (QED) is 0.792. The van der Waals surface area contributed by atoms with Gasteiger partial charge in [-0.05, 0) is 43.1 Å². The SMILES string of the molecule is O=C(CNCCC1CCC1)Nc1ccc(Br)cc1. The molecule has 0 spiro atoms. The van der Waals surface area contributed by atoms with Gasteiger partial charge in [0.15, 0.2) is 0 Å². The number of anilines is 1. The summed E-state index contributed by atoms with van der Waals surface area (Å²) in [6.07, 6.45) is 5.32. The minimum Gasteiger partial charge on any atom is -0.325 e. The van der Waals surface area contributed by atoms with Gasteiger partial charge in [0, 0.05) is 10.2 Å². The number of benzene rings is 1. The zero-order valence-electron chi connectivity index (χ0n) is 10.4. The number of nitrogens with one attached hydrogen (secondary N) is 2. The standard InChI is InChI=1S/C14H19BrN2O/c15-12-4-6-13(7-5-12)17-14(18)10-16-9-8-11-2-1-3-11/h4-7,11,16H,1-3,8-10H2,(H,17,18). The van der Waals surface area contributed by atoms with E-state index >= 15 is 0 Å². The van der Waals surface area contributed by atoms with E-state index in [1.54, 1.807) is 0 Å². The van der Waals surface area contributed by atoms with E-state index in [1.165, 1.54) is 25.7 Å². The van der Waals surface area contributed by atoms with Gasteiger partial charge in [0.2, 0.25) is 5.91 Å². The van der Waals surface area contributed by atoms with Crippen LogP contribution in [0.25, 0.3) is 0 Å². The molecule has 1 amide bonds. The Kier molecular flexibility index (Phi) is 5.20. The summed E-state index contributed by atoms with van der Waals surface area (Å²) >= 11 is 3.36. The van der Waals surface area contributed by atoms with Gasteiger partial charge in [0.25, 0.3) is 0 Å². The van der Waals surface area contributed by atoms with Crippen molar-refractivity contribution in [2.24, 2.45) is 5.92 Å². The Balaban J connectivity index is 1.60. The van der Waals surface area contributed by atoms with E-state index < -0.39 is 0 Å². The van der Waals surface area contributed by atoms with Crippen molar-refractivity contribution >= 4 is 27.5 Å². The van der Waals surface area contributed by atoms with Crippen LogP contribution in [0.3, 0.4) is 0 Å². The Morgan fingerprint density at radius 1 is 1.28 bits per heavy atom. The maximum Gasteiger partial charge on any atom is 0.238 e. The Morgan fingerprint density at radius 3 is 2.61 bits per heavy atom. The Bertz CT molecular complexity index is 387. The number of amides is 1. The first kappa shape index (κ1) is 13.6. The van der Waals surface area contributed by atoms with Gasteiger partial charge >= 0.3 is 0 Å². The lowest BCUT2D eigenvalue weighted by Crippen LogP contribution is -2.30. The highest BCUT2D eigenvalue weighted by Crippen LogP contribution is 2.28. The maximum absolute atomic E-state index is 11.6. The first-order valence-electron chi connectivity index (χ1n) is 6.50. The lowest BCUT2D eigenvalue weighted by atomic mass is 9.83. The number of halogens is 1. The van der Waals surface area contributed by atoms with Crippen LogP contribution in [0.4, 0.5) is 5.69 Å². The van der Waals surface area contributed by atoms with Gasteiger partial charge in [-0.3, -0.25) is 4.79 Å². The van der Waals surface area contributed by atoms with Crippen LogP contribution in [-0.2, 0) is 4.79 Å². The number of carbonyl (C=O) groups is 1. The summed E-state index contributed by atoms with van der Waals surface area (Å²) in [6.45, 7) is 1.33. The van der Waals surface area contributed by atoms with Gasteiger partial charge in [-0.1, -0.05) is 35.2 Å². The highest BCUT2D eigenvalue weighted by Gasteiger charge is 2.16. The molecular weight excluding hydrogens is 292 g/mol. The van der Waals surface area contributed by atoms with E-state index in [9.17, 15) is 4.79 Å². The number of rotatable bonds is 6. The van der Waals surface area contributed by atoms with Crippen LogP contribution in [-0.4, -0.2) is 19.0 Å². The van der Waals surface area contributed by atoms with Gasteiger partial charge in [-0.2, -0.15) is 0 Å². The number of carbonyl (C=O) groups excluding carboxylic acids is 1. The van der Waals surface area contributed by atoms with Gasteiger partial charge in [0.05, 0.1) is 6.54 Å². The van der Waals surface area contributed by atoms with E-state index in [2.05, 4.69) is 26.6 Å². The third-order valence-corrected chi connectivity index (χ3v) is 3.90. The minimum absolute atomic E-state index is 0.0194. The third-order valence-electron chi connectivity index (χ3n) is 3.37. The fourth-order valence-electron chi connectivity index (χ4n) is 2.03. The molecule has 0 atom stereocenters. The van der Waals surface area contributed by atoms with Gasteiger partial charge in [-0.15, -0.1) is 0 Å². The largest absolute Gasteiger partial charge is 0.325 e. The zero-order chi connectivity index (χ0) is 12.8. The molecule has 1 aliphatic carbocycles. The first-order chi connectivity index (χ1) is 8.74. The maximum atomic E-state index is 11.6. The van der Waals surface area contributed by atoms with Crippen molar-refractivity contribution in [3.63, 3.8) is 0 Å². The van der Waals surface area contributed by atoms with Crippen LogP contribution in [0, 0.1) is 5.92 Å². The molecule has 98 valence electrons. The summed E-state index contributed by atoms with van der Waals surface area (Å²) in [6, 6.07) is 7.60. The van der Waals surface area contributed by atoms with E-state index in [-0.39, 0.29) is 5.91 Å². The normalized spacial score (nSPS) is 15.2. The zero-order valence-corrected chi connectivity index (χ0v) is 12.0. The predicted octanol–water partition coefficient (Wildman–Crippen LogP) is 3.17. The van der Waals surface area contributed by atoms with Crippen LogP contribution in [0.15, 0.2) is 28.7 Å². The van der Waals surface area contributed by atoms with Crippen LogP contribution >= 0.6 is 15.9 Å². The monoisotopic (exact) mass is 310 g/mol. The summed E-state index contributed by atoms with van der Waals surface area (Å²) in [5, 5.41) is 6.06. The molecule has 2 rings (SSSR count). The molecule has 18 heavy (non-hydrogen) atoms. The molecule has 3 nitrogen and oxygen atoms in total. The third kappa shape index (κ3) is 4.42. The van der Waals surface area contributed by atoms with E-state index in [0.717, 1.165) is 22.6 Å². The van der Waals surface area contributed by atoms with E-state index in [0.29, 0.717) is 6.54 Å². The van der Waals surface area contributed by atoms with Crippen molar-refractivity contribution in [3.05, 3.63) is 28.7 Å². The van der Waals surface area contributed by atoms with Crippen LogP contribution in [0.2, 0.25) is 0 Å². The van der Waals surface area contributed by atoms with Gasteiger partial charge in [-0.25, -0.2) is 0 Å². The van der Waals surface area contributed by atoms with Gasteiger partial charge < -0.3 is 10.6 Å². The molecule has 0 saturated heterocycles. The molecule has 1 fully saturated rings. The van der Waals surface area contributed by atoms with Crippen molar-refractivity contribution < 1.29 is 4.79 Å². The van der Waals surface area contributed by atoms with Crippen molar-refractivity contribution in [3.8, 4) is 0 Å². The molecule has 1 aromatic rings. The van der Waals surface area contributed by atoms with Crippen molar-refractivity contribution in [1.29, 1.82) is 0 Å². The summed E-state index contributed by atoms with van der Waals surface area (Å²) in [4.78, 5) is 11.6. The van der Waals surface area contributed by atoms with E-state index in [4.69, 9.17) is 0 Å². The van der Waals surface area contributed by atoms with Crippen LogP contribution < -0.4 is 10.6 Å². The second kappa shape index (κ2) is 6.90. The van der Waals surface area contributed by atoms with Gasteiger partial charge in [0.1, 0.15) is 0 Å². The molecule has 2 N–H and O–H groups in total. The highest BCUT2D eigenvalue weighted by molar-refractivity contribution is 9.10. The molecule has 4 heteroatoms.